The summed E-state index contributed by atoms with van der Waals surface area (Å²) in [6.07, 6.45) is 0. The van der Waals surface area contributed by atoms with Crippen LogP contribution >= 0.6 is 0 Å². The van der Waals surface area contributed by atoms with Crippen molar-refractivity contribution in [3.63, 3.8) is 0 Å². The fraction of sp³-hybridized carbons (Fsp3) is 0.444. The summed E-state index contributed by atoms with van der Waals surface area (Å²) < 4.78 is 5.26. The van der Waals surface area contributed by atoms with E-state index < -0.39 is 0 Å². The van der Waals surface area contributed by atoms with Crippen LogP contribution in [0.1, 0.15) is 19.4 Å². The largest absolute Gasteiger partial charge is 0.497 e. The molecule has 114 valence electrons. The van der Waals surface area contributed by atoms with Gasteiger partial charge in [0, 0.05) is 19.6 Å². The molecule has 21 heavy (non-hydrogen) atoms. The predicted octanol–water partition coefficient (Wildman–Crippen LogP) is 3.28. The van der Waals surface area contributed by atoms with Crippen molar-refractivity contribution in [2.75, 3.05) is 33.3 Å². The van der Waals surface area contributed by atoms with Crippen molar-refractivity contribution in [3.05, 3.63) is 42.0 Å². The molecule has 0 spiro atoms. The van der Waals surface area contributed by atoms with E-state index >= 15 is 0 Å². The maximum absolute atomic E-state index is 5.26. The number of likely N-dealkylation sites (N-methyl/N-ethyl adjacent to an activating group) is 1. The van der Waals surface area contributed by atoms with Crippen LogP contribution in [0.25, 0.3) is 10.8 Å². The molecule has 0 atom stereocenters. The zero-order chi connectivity index (χ0) is 15.1. The first-order valence-corrected chi connectivity index (χ1v) is 7.76. The summed E-state index contributed by atoms with van der Waals surface area (Å²) in [6, 6.07) is 12.8. The van der Waals surface area contributed by atoms with Crippen LogP contribution in [0.3, 0.4) is 0 Å². The van der Waals surface area contributed by atoms with E-state index in [1.54, 1.807) is 7.11 Å². The lowest BCUT2D eigenvalue weighted by Gasteiger charge is -2.18. The Labute approximate surface area is 127 Å². The highest BCUT2D eigenvalue weighted by atomic mass is 16.5. The van der Waals surface area contributed by atoms with Gasteiger partial charge in [-0.2, -0.15) is 0 Å². The zero-order valence-corrected chi connectivity index (χ0v) is 13.4. The maximum Gasteiger partial charge on any atom is 0.119 e. The number of ether oxygens (including phenoxy) is 1. The molecule has 0 aliphatic heterocycles. The number of nitrogens with zero attached hydrogens (tertiary/aromatic N) is 1. The van der Waals surface area contributed by atoms with Gasteiger partial charge in [-0.1, -0.05) is 32.0 Å². The highest BCUT2D eigenvalue weighted by Crippen LogP contribution is 2.21. The number of hydrogen-bond donors (Lipinski definition) is 1. The maximum atomic E-state index is 5.26. The number of hydrogen-bond acceptors (Lipinski definition) is 3. The molecule has 0 radical (unpaired) electrons. The summed E-state index contributed by atoms with van der Waals surface area (Å²) >= 11 is 0. The summed E-state index contributed by atoms with van der Waals surface area (Å²) in [7, 11) is 1.70. The summed E-state index contributed by atoms with van der Waals surface area (Å²) in [5.74, 6) is 0.910. The summed E-state index contributed by atoms with van der Waals surface area (Å²) in [4.78, 5) is 2.43. The Morgan fingerprint density at radius 3 is 2.43 bits per heavy atom. The molecule has 3 heteroatoms. The fourth-order valence-electron chi connectivity index (χ4n) is 2.52. The Morgan fingerprint density at radius 1 is 1.00 bits per heavy atom. The third-order valence-electron chi connectivity index (χ3n) is 3.94. The van der Waals surface area contributed by atoms with Crippen LogP contribution in [-0.2, 0) is 6.54 Å². The topological polar surface area (TPSA) is 24.5 Å². The van der Waals surface area contributed by atoms with Gasteiger partial charge >= 0.3 is 0 Å². The lowest BCUT2D eigenvalue weighted by molar-refractivity contribution is 0.302. The fourth-order valence-corrected chi connectivity index (χ4v) is 2.52. The van der Waals surface area contributed by atoms with Crippen LogP contribution in [0.5, 0.6) is 5.75 Å². The Morgan fingerprint density at radius 2 is 1.71 bits per heavy atom. The van der Waals surface area contributed by atoms with Crippen molar-refractivity contribution in [2.24, 2.45) is 0 Å². The molecule has 2 aromatic rings. The second-order valence-corrected chi connectivity index (χ2v) is 5.25. The monoisotopic (exact) mass is 286 g/mol. The van der Waals surface area contributed by atoms with Crippen LogP contribution in [0, 0.1) is 0 Å². The van der Waals surface area contributed by atoms with Crippen molar-refractivity contribution in [3.8, 4) is 5.75 Å². The Balaban J connectivity index is 1.91. The minimum atomic E-state index is 0.910. The molecule has 0 fully saturated rings. The highest BCUT2D eigenvalue weighted by Gasteiger charge is 2.00. The van der Waals surface area contributed by atoms with E-state index in [9.17, 15) is 0 Å². The average molecular weight is 286 g/mol. The van der Waals surface area contributed by atoms with Crippen LogP contribution in [0.15, 0.2) is 36.4 Å². The number of benzene rings is 2. The van der Waals surface area contributed by atoms with Crippen LogP contribution in [0.2, 0.25) is 0 Å². The molecule has 1 N–H and O–H groups in total. The zero-order valence-electron chi connectivity index (χ0n) is 13.4. The molecule has 0 saturated heterocycles. The Bertz CT molecular complexity index is 564. The smallest absolute Gasteiger partial charge is 0.119 e. The summed E-state index contributed by atoms with van der Waals surface area (Å²) in [5.41, 5.74) is 1.33. The number of nitrogens with one attached hydrogen (secondary N) is 1. The van der Waals surface area contributed by atoms with Gasteiger partial charge in [-0.25, -0.2) is 0 Å². The van der Waals surface area contributed by atoms with Crippen LogP contribution in [-0.4, -0.2) is 38.2 Å². The van der Waals surface area contributed by atoms with Gasteiger partial charge in [-0.3, -0.25) is 0 Å². The second kappa shape index (κ2) is 8.01. The van der Waals surface area contributed by atoms with Crippen molar-refractivity contribution < 1.29 is 4.74 Å². The SMILES string of the molecule is CCN(CC)CCNCc1ccc2cc(OC)ccc2c1. The van der Waals surface area contributed by atoms with Gasteiger partial charge in [0.15, 0.2) is 0 Å². The lowest BCUT2D eigenvalue weighted by atomic mass is 10.1. The van der Waals surface area contributed by atoms with Gasteiger partial charge in [-0.05, 0) is 47.6 Å². The Hall–Kier alpha value is -1.58. The molecule has 0 bridgehead atoms. The molecule has 0 aliphatic rings. The minimum absolute atomic E-state index is 0.910. The van der Waals surface area contributed by atoms with Crippen LogP contribution < -0.4 is 10.1 Å². The number of rotatable bonds is 8. The first kappa shape index (κ1) is 15.8. The standard InChI is InChI=1S/C18H26N2O/c1-4-20(5-2)11-10-19-14-15-6-7-17-13-18(21-3)9-8-16(17)12-15/h6-9,12-13,19H,4-5,10-11,14H2,1-3H3. The third-order valence-corrected chi connectivity index (χ3v) is 3.94. The molecule has 2 rings (SSSR count). The Kier molecular flexibility index (Phi) is 6.03. The first-order chi connectivity index (χ1) is 10.3. The normalized spacial score (nSPS) is 11.2. The molecule has 0 unspecified atom stereocenters. The molecule has 3 nitrogen and oxygen atoms in total. The van der Waals surface area contributed by atoms with Crippen molar-refractivity contribution >= 4 is 10.8 Å². The van der Waals surface area contributed by atoms with E-state index in [0.717, 1.165) is 38.5 Å². The molecule has 0 heterocycles. The molecule has 0 aromatic heterocycles. The number of methoxy groups -OCH3 is 1. The molecular weight excluding hydrogens is 260 g/mol. The third kappa shape index (κ3) is 4.45. The van der Waals surface area contributed by atoms with Gasteiger partial charge in [0.05, 0.1) is 7.11 Å². The second-order valence-electron chi connectivity index (χ2n) is 5.25. The average Bonchev–Trinajstić information content (AvgIpc) is 2.54. The highest BCUT2D eigenvalue weighted by molar-refractivity contribution is 5.84. The van der Waals surface area contributed by atoms with Crippen molar-refractivity contribution in [2.45, 2.75) is 20.4 Å². The summed E-state index contributed by atoms with van der Waals surface area (Å²) in [5, 5.41) is 6.01. The number of fused-ring (bicyclic) bond motifs is 1. The van der Waals surface area contributed by atoms with E-state index in [1.807, 2.05) is 6.07 Å². The van der Waals surface area contributed by atoms with Gasteiger partial charge in [-0.15, -0.1) is 0 Å². The van der Waals surface area contributed by atoms with E-state index in [-0.39, 0.29) is 0 Å². The van der Waals surface area contributed by atoms with Crippen molar-refractivity contribution in [1.29, 1.82) is 0 Å². The summed E-state index contributed by atoms with van der Waals surface area (Å²) in [6.45, 7) is 9.72. The minimum Gasteiger partial charge on any atom is -0.497 e. The van der Waals surface area contributed by atoms with E-state index in [2.05, 4.69) is 54.4 Å². The van der Waals surface area contributed by atoms with E-state index in [0.29, 0.717) is 0 Å². The quantitative estimate of drug-likeness (QED) is 0.754. The predicted molar refractivity (Wildman–Crippen MR) is 90.0 cm³/mol. The molecule has 0 aliphatic carbocycles. The van der Waals surface area contributed by atoms with Gasteiger partial charge < -0.3 is 15.0 Å². The van der Waals surface area contributed by atoms with Crippen molar-refractivity contribution in [1.82, 2.24) is 10.2 Å². The molecule has 2 aromatic carbocycles. The van der Waals surface area contributed by atoms with Crippen LogP contribution in [0.4, 0.5) is 0 Å². The lowest BCUT2D eigenvalue weighted by Crippen LogP contribution is -2.31. The van der Waals surface area contributed by atoms with Gasteiger partial charge in [0.25, 0.3) is 0 Å². The molecule has 0 amide bonds. The van der Waals surface area contributed by atoms with E-state index in [4.69, 9.17) is 4.74 Å². The van der Waals surface area contributed by atoms with E-state index in [1.165, 1.54) is 16.3 Å². The van der Waals surface area contributed by atoms with Gasteiger partial charge in [0.1, 0.15) is 5.75 Å². The molecular formula is C18H26N2O. The van der Waals surface area contributed by atoms with Gasteiger partial charge in [0.2, 0.25) is 0 Å². The molecule has 0 saturated carbocycles. The first-order valence-electron chi connectivity index (χ1n) is 7.76.